The van der Waals surface area contributed by atoms with Crippen LogP contribution in [0, 0.1) is 0 Å². The fourth-order valence-electron chi connectivity index (χ4n) is 2.79. The lowest BCUT2D eigenvalue weighted by molar-refractivity contribution is 0.602. The predicted octanol–water partition coefficient (Wildman–Crippen LogP) is 4.22. The summed E-state index contributed by atoms with van der Waals surface area (Å²) in [6, 6.07) is 17.1. The lowest BCUT2D eigenvalue weighted by atomic mass is 10.1. The van der Waals surface area contributed by atoms with Crippen molar-refractivity contribution < 1.29 is 8.42 Å². The number of benzene rings is 1. The third-order valence-corrected chi connectivity index (χ3v) is 6.09. The first-order valence-electron chi connectivity index (χ1n) is 7.79. The molecule has 0 unspecified atom stereocenters. The van der Waals surface area contributed by atoms with Crippen molar-refractivity contribution in [3.05, 3.63) is 71.1 Å². The summed E-state index contributed by atoms with van der Waals surface area (Å²) in [7, 11) is -3.19. The molecular formula is C19H16N2O2S2. The van der Waals surface area contributed by atoms with Crippen LogP contribution in [0.1, 0.15) is 4.88 Å². The zero-order valence-corrected chi connectivity index (χ0v) is 15.2. The third kappa shape index (κ3) is 3.23. The van der Waals surface area contributed by atoms with Crippen LogP contribution in [0.15, 0.2) is 71.1 Å². The van der Waals surface area contributed by atoms with Gasteiger partial charge in [0.15, 0.2) is 9.84 Å². The molecule has 6 heteroatoms. The molecule has 1 aromatic carbocycles. The Morgan fingerprint density at radius 3 is 2.52 bits per heavy atom. The van der Waals surface area contributed by atoms with Crippen LogP contribution in [0.25, 0.3) is 22.3 Å². The van der Waals surface area contributed by atoms with Gasteiger partial charge in [-0.25, -0.2) is 13.4 Å². The van der Waals surface area contributed by atoms with E-state index in [1.807, 2.05) is 24.4 Å². The molecule has 25 heavy (non-hydrogen) atoms. The van der Waals surface area contributed by atoms with E-state index in [0.717, 1.165) is 28.8 Å². The van der Waals surface area contributed by atoms with Gasteiger partial charge in [-0.15, -0.1) is 11.3 Å². The van der Waals surface area contributed by atoms with Crippen molar-refractivity contribution in [2.45, 2.75) is 11.4 Å². The van der Waals surface area contributed by atoms with Gasteiger partial charge in [-0.3, -0.25) is 0 Å². The van der Waals surface area contributed by atoms with Gasteiger partial charge in [0.2, 0.25) is 0 Å². The highest BCUT2D eigenvalue weighted by atomic mass is 32.2. The van der Waals surface area contributed by atoms with Crippen LogP contribution in [-0.4, -0.2) is 24.2 Å². The monoisotopic (exact) mass is 368 g/mol. The van der Waals surface area contributed by atoms with E-state index in [1.165, 1.54) is 11.1 Å². The Labute approximate surface area is 150 Å². The van der Waals surface area contributed by atoms with Gasteiger partial charge in [0.25, 0.3) is 0 Å². The van der Waals surface area contributed by atoms with Crippen LogP contribution in [-0.2, 0) is 16.4 Å². The van der Waals surface area contributed by atoms with E-state index in [1.54, 1.807) is 35.6 Å². The first-order valence-corrected chi connectivity index (χ1v) is 10.6. The molecule has 126 valence electrons. The van der Waals surface area contributed by atoms with Crippen molar-refractivity contribution in [1.82, 2.24) is 9.55 Å². The highest BCUT2D eigenvalue weighted by Gasteiger charge is 2.09. The van der Waals surface area contributed by atoms with Crippen LogP contribution in [0.3, 0.4) is 0 Å². The van der Waals surface area contributed by atoms with Crippen LogP contribution >= 0.6 is 11.3 Å². The molecule has 0 spiro atoms. The number of hydrogen-bond acceptors (Lipinski definition) is 4. The molecule has 4 nitrogen and oxygen atoms in total. The first-order chi connectivity index (χ1) is 12.0. The van der Waals surface area contributed by atoms with Crippen LogP contribution in [0.2, 0.25) is 0 Å². The highest BCUT2D eigenvalue weighted by Crippen LogP contribution is 2.24. The molecule has 0 aliphatic rings. The first kappa shape index (κ1) is 16.1. The zero-order valence-electron chi connectivity index (χ0n) is 13.6. The summed E-state index contributed by atoms with van der Waals surface area (Å²) >= 11 is 1.73. The van der Waals surface area contributed by atoms with Crippen LogP contribution in [0.5, 0.6) is 0 Å². The number of fused-ring (bicyclic) bond motifs is 1. The van der Waals surface area contributed by atoms with Crippen molar-refractivity contribution in [1.29, 1.82) is 0 Å². The van der Waals surface area contributed by atoms with Gasteiger partial charge in [-0.05, 0) is 41.8 Å². The van der Waals surface area contributed by atoms with Gasteiger partial charge in [-0.2, -0.15) is 0 Å². The molecule has 0 radical (unpaired) electrons. The second kappa shape index (κ2) is 6.13. The Hall–Kier alpha value is -2.44. The summed E-state index contributed by atoms with van der Waals surface area (Å²) in [4.78, 5) is 6.39. The lowest BCUT2D eigenvalue weighted by Gasteiger charge is -2.06. The van der Waals surface area contributed by atoms with E-state index >= 15 is 0 Å². The summed E-state index contributed by atoms with van der Waals surface area (Å²) in [6.45, 7) is 0.796. The number of thiophene rings is 1. The minimum Gasteiger partial charge on any atom is -0.327 e. The molecule has 3 heterocycles. The molecular weight excluding hydrogens is 352 g/mol. The van der Waals surface area contributed by atoms with E-state index in [4.69, 9.17) is 4.98 Å². The second-order valence-electron chi connectivity index (χ2n) is 5.93. The maximum atomic E-state index is 11.6. The normalized spacial score (nSPS) is 11.9. The predicted molar refractivity (Wildman–Crippen MR) is 102 cm³/mol. The zero-order chi connectivity index (χ0) is 17.4. The molecule has 0 amide bonds. The number of pyridine rings is 1. The van der Waals surface area contributed by atoms with Crippen molar-refractivity contribution in [3.8, 4) is 11.3 Å². The fraction of sp³-hybridized carbons (Fsp3) is 0.105. The van der Waals surface area contributed by atoms with Crippen molar-refractivity contribution in [2.75, 3.05) is 6.26 Å². The van der Waals surface area contributed by atoms with Gasteiger partial charge >= 0.3 is 0 Å². The molecule has 0 bridgehead atoms. The molecule has 4 aromatic rings. The Bertz CT molecular complexity index is 1130. The SMILES string of the molecule is CS(=O)(=O)c1ccc(-c2ccc3ccn(Cc4cccs4)c3n2)cc1. The second-order valence-corrected chi connectivity index (χ2v) is 8.98. The average molecular weight is 368 g/mol. The maximum absolute atomic E-state index is 11.6. The lowest BCUT2D eigenvalue weighted by Crippen LogP contribution is -1.98. The largest absolute Gasteiger partial charge is 0.327 e. The summed E-state index contributed by atoms with van der Waals surface area (Å²) in [6.07, 6.45) is 3.26. The summed E-state index contributed by atoms with van der Waals surface area (Å²) in [5.74, 6) is 0. The van der Waals surface area contributed by atoms with Crippen molar-refractivity contribution >= 4 is 32.2 Å². The highest BCUT2D eigenvalue weighted by molar-refractivity contribution is 7.90. The molecule has 0 saturated carbocycles. The number of hydrogen-bond donors (Lipinski definition) is 0. The minimum atomic E-state index is -3.19. The molecule has 0 atom stereocenters. The van der Waals surface area contributed by atoms with Gasteiger partial charge in [0.1, 0.15) is 5.65 Å². The number of sulfone groups is 1. The standard InChI is InChI=1S/C19H16N2O2S2/c1-25(22,23)17-7-4-14(5-8-17)18-9-6-15-10-11-21(19(15)20-18)13-16-3-2-12-24-16/h2-12H,13H2,1H3. The summed E-state index contributed by atoms with van der Waals surface area (Å²) < 4.78 is 25.3. The number of nitrogens with zero attached hydrogens (tertiary/aromatic N) is 2. The summed E-state index contributed by atoms with van der Waals surface area (Å²) in [5.41, 5.74) is 2.66. The summed E-state index contributed by atoms with van der Waals surface area (Å²) in [5, 5.41) is 3.16. The molecule has 0 N–H and O–H groups in total. The minimum absolute atomic E-state index is 0.318. The van der Waals surface area contributed by atoms with Gasteiger partial charge in [-0.1, -0.05) is 18.2 Å². The molecule has 0 saturated heterocycles. The number of rotatable bonds is 4. The Balaban J connectivity index is 1.73. The Kier molecular flexibility index (Phi) is 3.94. The van der Waals surface area contributed by atoms with E-state index in [2.05, 4.69) is 22.1 Å². The van der Waals surface area contributed by atoms with Crippen LogP contribution in [0.4, 0.5) is 0 Å². The fourth-order valence-corrected chi connectivity index (χ4v) is 4.13. The Morgan fingerprint density at radius 2 is 1.84 bits per heavy atom. The Morgan fingerprint density at radius 1 is 1.04 bits per heavy atom. The van der Waals surface area contributed by atoms with Crippen molar-refractivity contribution in [2.24, 2.45) is 0 Å². The van der Waals surface area contributed by atoms with Gasteiger partial charge < -0.3 is 4.57 Å². The smallest absolute Gasteiger partial charge is 0.175 e. The van der Waals surface area contributed by atoms with Crippen molar-refractivity contribution in [3.63, 3.8) is 0 Å². The van der Waals surface area contributed by atoms with Crippen LogP contribution < -0.4 is 0 Å². The number of aromatic nitrogens is 2. The van der Waals surface area contributed by atoms with E-state index in [0.29, 0.717) is 4.90 Å². The van der Waals surface area contributed by atoms with E-state index < -0.39 is 9.84 Å². The molecule has 0 fully saturated rings. The third-order valence-electron chi connectivity index (χ3n) is 4.10. The topological polar surface area (TPSA) is 52.0 Å². The van der Waals surface area contributed by atoms with E-state index in [9.17, 15) is 8.42 Å². The average Bonchev–Trinajstić information content (AvgIpc) is 3.24. The maximum Gasteiger partial charge on any atom is 0.175 e. The van der Waals surface area contributed by atoms with Gasteiger partial charge in [0.05, 0.1) is 17.1 Å². The molecule has 0 aliphatic carbocycles. The van der Waals surface area contributed by atoms with E-state index in [-0.39, 0.29) is 0 Å². The molecule has 4 rings (SSSR count). The molecule has 3 aromatic heterocycles. The van der Waals surface area contributed by atoms with Gasteiger partial charge in [0, 0.05) is 28.3 Å². The molecule has 0 aliphatic heterocycles. The quantitative estimate of drug-likeness (QED) is 0.542.